The fourth-order valence-electron chi connectivity index (χ4n) is 1.38. The fraction of sp³-hybridized carbons (Fsp3) is 0.333. The van der Waals surface area contributed by atoms with Crippen LogP contribution in [-0.2, 0) is 9.59 Å². The van der Waals surface area contributed by atoms with Gasteiger partial charge in [-0.1, -0.05) is 6.07 Å². The highest BCUT2D eigenvalue weighted by atomic mass is 32.2. The van der Waals surface area contributed by atoms with E-state index in [4.69, 9.17) is 10.8 Å². The van der Waals surface area contributed by atoms with Gasteiger partial charge in [0.15, 0.2) is 0 Å². The van der Waals surface area contributed by atoms with Crippen LogP contribution in [0.5, 0.6) is 0 Å². The van der Waals surface area contributed by atoms with Gasteiger partial charge in [0.2, 0.25) is 5.91 Å². The van der Waals surface area contributed by atoms with Crippen LogP contribution in [0.25, 0.3) is 0 Å². The van der Waals surface area contributed by atoms with E-state index in [1.807, 2.05) is 19.1 Å². The van der Waals surface area contributed by atoms with Crippen molar-refractivity contribution >= 4 is 29.3 Å². The first kappa shape index (κ1) is 14.4. The molecule has 1 aromatic carbocycles. The number of nitrogens with two attached hydrogens (primary N) is 1. The zero-order valence-electron chi connectivity index (χ0n) is 10.3. The molecule has 0 spiro atoms. The van der Waals surface area contributed by atoms with Gasteiger partial charge in [0.25, 0.3) is 0 Å². The van der Waals surface area contributed by atoms with Crippen molar-refractivity contribution in [1.29, 1.82) is 0 Å². The average molecular weight is 268 g/mol. The fourth-order valence-corrected chi connectivity index (χ4v) is 2.46. The van der Waals surface area contributed by atoms with Crippen LogP contribution >= 0.6 is 11.8 Å². The number of anilines is 1. The van der Waals surface area contributed by atoms with Crippen LogP contribution in [0.15, 0.2) is 23.1 Å². The number of rotatable bonds is 5. The predicted molar refractivity (Wildman–Crippen MR) is 71.6 cm³/mol. The maximum absolute atomic E-state index is 11.0. The zero-order valence-corrected chi connectivity index (χ0v) is 11.1. The molecule has 6 heteroatoms. The van der Waals surface area contributed by atoms with Gasteiger partial charge in [0.05, 0.1) is 0 Å². The number of hydrogen-bond donors (Lipinski definition) is 3. The van der Waals surface area contributed by atoms with E-state index < -0.39 is 12.0 Å². The molecule has 0 radical (unpaired) electrons. The number of nitrogen functional groups attached to an aromatic ring is 1. The number of benzene rings is 1. The molecule has 18 heavy (non-hydrogen) atoms. The van der Waals surface area contributed by atoms with Crippen LogP contribution in [0.2, 0.25) is 0 Å². The standard InChI is InChI=1S/C12H16N2O3S/c1-7-9(13)4-3-5-11(7)18-6-10(12(16)17)14-8(2)15/h3-5,10H,6,13H2,1-2H3,(H,14,15)(H,16,17). The summed E-state index contributed by atoms with van der Waals surface area (Å²) >= 11 is 1.36. The van der Waals surface area contributed by atoms with Gasteiger partial charge < -0.3 is 16.2 Å². The molecule has 1 atom stereocenters. The summed E-state index contributed by atoms with van der Waals surface area (Å²) < 4.78 is 0. The molecule has 1 unspecified atom stereocenters. The summed E-state index contributed by atoms with van der Waals surface area (Å²) in [6.07, 6.45) is 0. The molecule has 0 fully saturated rings. The summed E-state index contributed by atoms with van der Waals surface area (Å²) in [5.74, 6) is -1.13. The van der Waals surface area contributed by atoms with E-state index in [1.165, 1.54) is 18.7 Å². The monoisotopic (exact) mass is 268 g/mol. The average Bonchev–Trinajstić information content (AvgIpc) is 2.28. The highest BCUT2D eigenvalue weighted by Gasteiger charge is 2.18. The van der Waals surface area contributed by atoms with Crippen LogP contribution in [-0.4, -0.2) is 28.8 Å². The second-order valence-electron chi connectivity index (χ2n) is 3.87. The molecule has 0 aliphatic carbocycles. The van der Waals surface area contributed by atoms with Gasteiger partial charge in [0, 0.05) is 23.3 Å². The third-order valence-corrected chi connectivity index (χ3v) is 3.66. The van der Waals surface area contributed by atoms with E-state index in [1.54, 1.807) is 6.07 Å². The quantitative estimate of drug-likeness (QED) is 0.552. The Morgan fingerprint density at radius 3 is 2.72 bits per heavy atom. The second kappa shape index (κ2) is 6.30. The highest BCUT2D eigenvalue weighted by Crippen LogP contribution is 2.26. The summed E-state index contributed by atoms with van der Waals surface area (Å²) in [5, 5.41) is 11.4. The molecule has 5 nitrogen and oxygen atoms in total. The summed E-state index contributed by atoms with van der Waals surface area (Å²) in [6.45, 7) is 3.18. The maximum atomic E-state index is 11.0. The van der Waals surface area contributed by atoms with Crippen molar-refractivity contribution < 1.29 is 14.7 Å². The van der Waals surface area contributed by atoms with E-state index >= 15 is 0 Å². The third kappa shape index (κ3) is 3.96. The van der Waals surface area contributed by atoms with E-state index in [9.17, 15) is 9.59 Å². The van der Waals surface area contributed by atoms with Crippen LogP contribution in [0.1, 0.15) is 12.5 Å². The number of amides is 1. The zero-order chi connectivity index (χ0) is 13.7. The molecular weight excluding hydrogens is 252 g/mol. The molecular formula is C12H16N2O3S. The Morgan fingerprint density at radius 1 is 1.50 bits per heavy atom. The largest absolute Gasteiger partial charge is 0.480 e. The lowest BCUT2D eigenvalue weighted by Gasteiger charge is -2.14. The number of carbonyl (C=O) groups is 2. The number of carbonyl (C=O) groups excluding carboxylic acids is 1. The summed E-state index contributed by atoms with van der Waals surface area (Å²) in [4.78, 5) is 22.8. The third-order valence-electron chi connectivity index (χ3n) is 2.41. The Balaban J connectivity index is 2.70. The molecule has 0 saturated carbocycles. The SMILES string of the molecule is CC(=O)NC(CSc1cccc(N)c1C)C(=O)O. The van der Waals surface area contributed by atoms with Gasteiger partial charge >= 0.3 is 5.97 Å². The van der Waals surface area contributed by atoms with Crippen LogP contribution in [0.4, 0.5) is 5.69 Å². The first-order chi connectivity index (χ1) is 8.41. The Bertz CT molecular complexity index is 463. The molecule has 98 valence electrons. The summed E-state index contributed by atoms with van der Waals surface area (Å²) in [5.41, 5.74) is 7.37. The molecule has 1 amide bonds. The van der Waals surface area contributed by atoms with E-state index in [-0.39, 0.29) is 11.7 Å². The number of thioether (sulfide) groups is 1. The molecule has 1 aromatic rings. The molecule has 0 saturated heterocycles. The lowest BCUT2D eigenvalue weighted by Crippen LogP contribution is -2.41. The van der Waals surface area contributed by atoms with Crippen molar-refractivity contribution in [2.24, 2.45) is 0 Å². The van der Waals surface area contributed by atoms with Crippen LogP contribution in [0, 0.1) is 6.92 Å². The molecule has 4 N–H and O–H groups in total. The van der Waals surface area contributed by atoms with Gasteiger partial charge in [-0.3, -0.25) is 4.79 Å². The Kier molecular flexibility index (Phi) is 5.03. The van der Waals surface area contributed by atoms with Crippen molar-refractivity contribution in [3.8, 4) is 0 Å². The summed E-state index contributed by atoms with van der Waals surface area (Å²) in [6, 6.07) is 4.59. The summed E-state index contributed by atoms with van der Waals surface area (Å²) in [7, 11) is 0. The minimum atomic E-state index is -1.04. The van der Waals surface area contributed by atoms with Crippen LogP contribution < -0.4 is 11.1 Å². The molecule has 0 aliphatic heterocycles. The minimum absolute atomic E-state index is 0.263. The van der Waals surface area contributed by atoms with Crippen molar-refractivity contribution in [2.45, 2.75) is 24.8 Å². The molecule has 0 aliphatic rings. The second-order valence-corrected chi connectivity index (χ2v) is 4.93. The van der Waals surface area contributed by atoms with Crippen molar-refractivity contribution in [3.63, 3.8) is 0 Å². The van der Waals surface area contributed by atoms with E-state index in [2.05, 4.69) is 5.32 Å². The Hall–Kier alpha value is -1.69. The Labute approximate surface area is 110 Å². The topological polar surface area (TPSA) is 92.4 Å². The number of carboxylic acid groups (broad SMARTS) is 1. The smallest absolute Gasteiger partial charge is 0.327 e. The van der Waals surface area contributed by atoms with Gasteiger partial charge in [-0.05, 0) is 24.6 Å². The number of aliphatic carboxylic acids is 1. The molecule has 0 heterocycles. The van der Waals surface area contributed by atoms with Crippen molar-refractivity contribution in [1.82, 2.24) is 5.32 Å². The number of nitrogens with one attached hydrogen (secondary N) is 1. The Morgan fingerprint density at radius 2 is 2.17 bits per heavy atom. The van der Waals surface area contributed by atoms with Gasteiger partial charge in [-0.25, -0.2) is 4.79 Å². The van der Waals surface area contributed by atoms with Crippen molar-refractivity contribution in [3.05, 3.63) is 23.8 Å². The normalized spacial score (nSPS) is 11.9. The van der Waals surface area contributed by atoms with Gasteiger partial charge in [-0.15, -0.1) is 11.8 Å². The molecule has 0 aromatic heterocycles. The first-order valence-corrected chi connectivity index (χ1v) is 6.38. The van der Waals surface area contributed by atoms with Gasteiger partial charge in [0.1, 0.15) is 6.04 Å². The predicted octanol–water partition coefficient (Wildman–Crippen LogP) is 1.26. The lowest BCUT2D eigenvalue weighted by molar-refractivity contribution is -0.140. The van der Waals surface area contributed by atoms with Gasteiger partial charge in [-0.2, -0.15) is 0 Å². The first-order valence-electron chi connectivity index (χ1n) is 5.39. The van der Waals surface area contributed by atoms with E-state index in [0.29, 0.717) is 5.69 Å². The van der Waals surface area contributed by atoms with Crippen molar-refractivity contribution in [2.75, 3.05) is 11.5 Å². The number of carboxylic acids is 1. The minimum Gasteiger partial charge on any atom is -0.480 e. The lowest BCUT2D eigenvalue weighted by atomic mass is 10.2. The van der Waals surface area contributed by atoms with Crippen LogP contribution in [0.3, 0.4) is 0 Å². The maximum Gasteiger partial charge on any atom is 0.327 e. The van der Waals surface area contributed by atoms with E-state index in [0.717, 1.165) is 10.5 Å². The highest BCUT2D eigenvalue weighted by molar-refractivity contribution is 7.99. The molecule has 0 bridgehead atoms. The number of hydrogen-bond acceptors (Lipinski definition) is 4. The molecule has 1 rings (SSSR count).